The predicted molar refractivity (Wildman–Crippen MR) is 153 cm³/mol. The van der Waals surface area contributed by atoms with Crippen LogP contribution in [-0.4, -0.2) is 78.8 Å². The Hall–Kier alpha value is -2.34. The average Bonchev–Trinajstić information content (AvgIpc) is 3.63. The van der Waals surface area contributed by atoms with Crippen molar-refractivity contribution in [1.82, 2.24) is 14.5 Å². The summed E-state index contributed by atoms with van der Waals surface area (Å²) in [5.41, 5.74) is 6.47. The second kappa shape index (κ2) is 10.5. The molecule has 0 unspecified atom stereocenters. The van der Waals surface area contributed by atoms with Crippen LogP contribution in [0.25, 0.3) is 0 Å². The van der Waals surface area contributed by atoms with Gasteiger partial charge in [-0.2, -0.15) is 0 Å². The van der Waals surface area contributed by atoms with Crippen LogP contribution in [0.2, 0.25) is 0 Å². The maximum atomic E-state index is 13.5. The monoisotopic (exact) mass is 568 g/mol. The number of pyridine rings is 1. The second-order valence-electron chi connectivity index (χ2n) is 12.4. The number of fused-ring (bicyclic) bond motifs is 3. The molecule has 2 aromatic heterocycles. The molecule has 0 aromatic carbocycles. The summed E-state index contributed by atoms with van der Waals surface area (Å²) in [5, 5.41) is 0. The topological polar surface area (TPSA) is 108 Å². The number of anilines is 2. The predicted octanol–water partition coefficient (Wildman–Crippen LogP) is 2.67. The van der Waals surface area contributed by atoms with Crippen molar-refractivity contribution in [2.75, 3.05) is 55.9 Å². The van der Waals surface area contributed by atoms with Crippen molar-refractivity contribution in [1.29, 1.82) is 0 Å². The van der Waals surface area contributed by atoms with Crippen LogP contribution in [0.5, 0.6) is 5.75 Å². The molecule has 0 amide bonds. The van der Waals surface area contributed by atoms with E-state index in [4.69, 9.17) is 29.9 Å². The summed E-state index contributed by atoms with van der Waals surface area (Å²) >= 11 is 1.41. The third-order valence-corrected chi connectivity index (χ3v) is 10.7. The lowest BCUT2D eigenvalue weighted by Gasteiger charge is -2.41. The van der Waals surface area contributed by atoms with E-state index in [0.29, 0.717) is 29.4 Å². The van der Waals surface area contributed by atoms with Gasteiger partial charge in [0.05, 0.1) is 41.3 Å². The fraction of sp³-hybridized carbons (Fsp3) is 0.690. The Morgan fingerprint density at radius 2 is 1.98 bits per heavy atom. The number of rotatable bonds is 7. The van der Waals surface area contributed by atoms with Crippen molar-refractivity contribution in [3.05, 3.63) is 28.8 Å². The van der Waals surface area contributed by atoms with E-state index in [0.717, 1.165) is 81.1 Å². The molecule has 3 saturated heterocycles. The number of aromatic nitrogens is 3. The Bertz CT molecular complexity index is 1310. The van der Waals surface area contributed by atoms with E-state index in [9.17, 15) is 4.79 Å². The number of nitrogens with two attached hydrogens (primary N) is 1. The number of hydrogen-bond donors (Lipinski definition) is 1. The van der Waals surface area contributed by atoms with Gasteiger partial charge in [0.2, 0.25) is 5.95 Å². The summed E-state index contributed by atoms with van der Waals surface area (Å²) in [4.78, 5) is 29.0. The lowest BCUT2D eigenvalue weighted by atomic mass is 9.73. The Balaban J connectivity index is 1.04. The molecule has 40 heavy (non-hydrogen) atoms. The van der Waals surface area contributed by atoms with Crippen LogP contribution in [0.15, 0.2) is 33.0 Å². The van der Waals surface area contributed by atoms with Gasteiger partial charge in [-0.1, -0.05) is 11.8 Å². The maximum Gasteiger partial charge on any atom is 0.268 e. The molecule has 6 heterocycles. The first-order valence-corrected chi connectivity index (χ1v) is 15.6. The SMILES string of the molecule is C[C@@H]1OCC2(CCN(c3ncc(Sc4ccnc5c4OC[C@@H]4C[C@H](COCC6CC6)CN54)c(=O)n3C)CC2)[C@@H]1N. The Morgan fingerprint density at radius 1 is 1.18 bits per heavy atom. The first kappa shape index (κ1) is 26.6. The minimum Gasteiger partial charge on any atom is -0.486 e. The number of hydrogen-bond acceptors (Lipinski definition) is 10. The van der Waals surface area contributed by atoms with Gasteiger partial charge in [-0.15, -0.1) is 0 Å². The fourth-order valence-electron chi connectivity index (χ4n) is 6.88. The molecule has 1 saturated carbocycles. The van der Waals surface area contributed by atoms with Crippen LogP contribution >= 0.6 is 11.8 Å². The smallest absolute Gasteiger partial charge is 0.268 e. The van der Waals surface area contributed by atoms with Crippen LogP contribution in [0.1, 0.15) is 39.0 Å². The largest absolute Gasteiger partial charge is 0.486 e. The number of nitrogens with zero attached hydrogens (tertiary/aromatic N) is 5. The third kappa shape index (κ3) is 4.78. The summed E-state index contributed by atoms with van der Waals surface area (Å²) in [6, 6.07) is 2.31. The highest BCUT2D eigenvalue weighted by Crippen LogP contribution is 2.45. The van der Waals surface area contributed by atoms with Gasteiger partial charge < -0.3 is 29.7 Å². The normalized spacial score (nSPS) is 29.0. The molecule has 4 atom stereocenters. The molecule has 0 radical (unpaired) electrons. The van der Waals surface area contributed by atoms with Crippen molar-refractivity contribution in [2.45, 2.75) is 67.0 Å². The molecule has 216 valence electrons. The molecule has 2 aromatic rings. The molecule has 1 aliphatic carbocycles. The average molecular weight is 569 g/mol. The van der Waals surface area contributed by atoms with Crippen LogP contribution in [0, 0.1) is 17.3 Å². The van der Waals surface area contributed by atoms with E-state index in [-0.39, 0.29) is 23.1 Å². The lowest BCUT2D eigenvalue weighted by Crippen LogP contribution is -2.51. The van der Waals surface area contributed by atoms with E-state index in [1.807, 2.05) is 19.3 Å². The quantitative estimate of drug-likeness (QED) is 0.536. The molecular weight excluding hydrogens is 528 g/mol. The van der Waals surface area contributed by atoms with Crippen molar-refractivity contribution in [3.63, 3.8) is 0 Å². The van der Waals surface area contributed by atoms with E-state index >= 15 is 0 Å². The van der Waals surface area contributed by atoms with Gasteiger partial charge in [-0.3, -0.25) is 9.36 Å². The molecule has 11 heteroatoms. The fourth-order valence-corrected chi connectivity index (χ4v) is 7.82. The summed E-state index contributed by atoms with van der Waals surface area (Å²) in [6.45, 7) is 7.66. The zero-order valence-corrected chi connectivity index (χ0v) is 24.3. The number of piperidine rings is 1. The van der Waals surface area contributed by atoms with Crippen molar-refractivity contribution >= 4 is 23.5 Å². The molecule has 10 nitrogen and oxygen atoms in total. The molecule has 4 fully saturated rings. The highest BCUT2D eigenvalue weighted by Gasteiger charge is 2.48. The molecule has 4 aliphatic heterocycles. The van der Waals surface area contributed by atoms with E-state index in [1.165, 1.54) is 24.6 Å². The third-order valence-electron chi connectivity index (χ3n) is 9.67. The van der Waals surface area contributed by atoms with Gasteiger partial charge >= 0.3 is 0 Å². The first-order valence-electron chi connectivity index (χ1n) is 14.7. The molecular formula is C29H40N6O4S. The zero-order valence-electron chi connectivity index (χ0n) is 23.5. The Kier molecular flexibility index (Phi) is 6.96. The van der Waals surface area contributed by atoms with Crippen molar-refractivity contribution in [2.24, 2.45) is 30.0 Å². The van der Waals surface area contributed by atoms with Gasteiger partial charge in [0, 0.05) is 56.9 Å². The lowest BCUT2D eigenvalue weighted by molar-refractivity contribution is 0.0956. The summed E-state index contributed by atoms with van der Waals surface area (Å²) in [6.07, 6.45) is 9.19. The summed E-state index contributed by atoms with van der Waals surface area (Å²) in [5.74, 6) is 3.61. The van der Waals surface area contributed by atoms with Gasteiger partial charge in [0.15, 0.2) is 11.6 Å². The van der Waals surface area contributed by atoms with Crippen LogP contribution in [-0.2, 0) is 16.5 Å². The van der Waals surface area contributed by atoms with Gasteiger partial charge in [-0.05, 0) is 51.0 Å². The highest BCUT2D eigenvalue weighted by atomic mass is 32.2. The molecule has 5 aliphatic rings. The van der Waals surface area contributed by atoms with Crippen molar-refractivity contribution < 1.29 is 14.2 Å². The van der Waals surface area contributed by atoms with Gasteiger partial charge in [0.25, 0.3) is 5.56 Å². The van der Waals surface area contributed by atoms with Gasteiger partial charge in [-0.25, -0.2) is 9.97 Å². The molecule has 0 bridgehead atoms. The molecule has 1 spiro atoms. The van der Waals surface area contributed by atoms with E-state index < -0.39 is 0 Å². The van der Waals surface area contributed by atoms with E-state index in [1.54, 1.807) is 10.8 Å². The minimum absolute atomic E-state index is 0.0308. The van der Waals surface area contributed by atoms with Crippen LogP contribution in [0.3, 0.4) is 0 Å². The maximum absolute atomic E-state index is 13.5. The molecule has 2 N–H and O–H groups in total. The summed E-state index contributed by atoms with van der Waals surface area (Å²) < 4.78 is 19.8. The van der Waals surface area contributed by atoms with Crippen LogP contribution < -0.4 is 25.8 Å². The Morgan fingerprint density at radius 3 is 2.73 bits per heavy atom. The summed E-state index contributed by atoms with van der Waals surface area (Å²) in [7, 11) is 1.81. The standard InChI is InChI=1S/C29H40N6O4S/c1-18-25(30)29(17-39-18)6-9-34(10-7-29)28-32-12-23(27(36)33(28)2)40-22-5-8-31-26-24(22)38-16-21-11-20(13-35(21)26)15-37-14-19-3-4-19/h5,8,12,18-21,25H,3-4,6-7,9-11,13-17,30H2,1-2H3/t18-,20-,21-,25+/m0/s1. The second-order valence-corrected chi connectivity index (χ2v) is 13.5. The Labute approximate surface area is 239 Å². The van der Waals surface area contributed by atoms with Crippen LogP contribution in [0.4, 0.5) is 11.8 Å². The number of ether oxygens (including phenoxy) is 3. The molecule has 7 rings (SSSR count). The zero-order chi connectivity index (χ0) is 27.4. The highest BCUT2D eigenvalue weighted by molar-refractivity contribution is 7.99. The van der Waals surface area contributed by atoms with Gasteiger partial charge in [0.1, 0.15) is 6.61 Å². The first-order chi connectivity index (χ1) is 19.4. The van der Waals surface area contributed by atoms with E-state index in [2.05, 4.69) is 16.7 Å². The minimum atomic E-state index is -0.0573. The van der Waals surface area contributed by atoms with Crippen molar-refractivity contribution in [3.8, 4) is 5.75 Å².